The van der Waals surface area contributed by atoms with Crippen molar-refractivity contribution in [2.24, 2.45) is 0 Å². The van der Waals surface area contributed by atoms with Gasteiger partial charge in [-0.25, -0.2) is 4.98 Å². The lowest BCUT2D eigenvalue weighted by molar-refractivity contribution is -0.139. The summed E-state index contributed by atoms with van der Waals surface area (Å²) in [6, 6.07) is 7.82. The van der Waals surface area contributed by atoms with Gasteiger partial charge in [-0.2, -0.15) is 0 Å². The Bertz CT molecular complexity index is 743. The first kappa shape index (κ1) is 15.3. The van der Waals surface area contributed by atoms with Crippen LogP contribution in [0.2, 0.25) is 0 Å². The molecule has 1 aromatic heterocycles. The zero-order chi connectivity index (χ0) is 16.7. The highest BCUT2D eigenvalue weighted by Crippen LogP contribution is 2.30. The summed E-state index contributed by atoms with van der Waals surface area (Å²) < 4.78 is 0. The van der Waals surface area contributed by atoms with E-state index in [1.807, 2.05) is 31.2 Å². The number of aromatic nitrogens is 2. The fourth-order valence-corrected chi connectivity index (χ4v) is 3.93. The van der Waals surface area contributed by atoms with E-state index in [0.29, 0.717) is 18.9 Å². The number of imidazole rings is 1. The van der Waals surface area contributed by atoms with Crippen LogP contribution in [-0.4, -0.2) is 57.3 Å². The summed E-state index contributed by atoms with van der Waals surface area (Å²) in [7, 11) is 0. The van der Waals surface area contributed by atoms with E-state index in [2.05, 4.69) is 9.88 Å². The molecule has 2 amide bonds. The molecule has 6 heteroatoms. The van der Waals surface area contributed by atoms with Crippen LogP contribution >= 0.6 is 0 Å². The molecule has 2 aromatic rings. The molecule has 3 heterocycles. The third kappa shape index (κ3) is 2.51. The van der Waals surface area contributed by atoms with Crippen LogP contribution < -0.4 is 0 Å². The molecule has 2 aliphatic rings. The topological polar surface area (TPSA) is 69.3 Å². The Morgan fingerprint density at radius 1 is 1.21 bits per heavy atom. The Hall–Kier alpha value is -2.21. The molecule has 126 valence electrons. The van der Waals surface area contributed by atoms with Crippen molar-refractivity contribution in [3.8, 4) is 0 Å². The number of nitrogens with one attached hydrogen (secondary N) is 1. The van der Waals surface area contributed by atoms with Gasteiger partial charge in [-0.1, -0.05) is 12.1 Å². The third-order valence-electron chi connectivity index (χ3n) is 5.30. The van der Waals surface area contributed by atoms with Crippen molar-refractivity contribution in [3.63, 3.8) is 0 Å². The number of amides is 2. The summed E-state index contributed by atoms with van der Waals surface area (Å²) >= 11 is 0. The number of fused-ring (bicyclic) bond motifs is 1. The molecule has 0 unspecified atom stereocenters. The molecule has 0 radical (unpaired) electrons. The van der Waals surface area contributed by atoms with Gasteiger partial charge >= 0.3 is 0 Å². The second-order valence-corrected chi connectivity index (χ2v) is 6.65. The lowest BCUT2D eigenvalue weighted by Crippen LogP contribution is -2.45. The monoisotopic (exact) mass is 326 g/mol. The zero-order valence-corrected chi connectivity index (χ0v) is 13.9. The van der Waals surface area contributed by atoms with E-state index in [4.69, 9.17) is 4.98 Å². The highest BCUT2D eigenvalue weighted by atomic mass is 16.2. The molecule has 6 nitrogen and oxygen atoms in total. The van der Waals surface area contributed by atoms with E-state index < -0.39 is 0 Å². The summed E-state index contributed by atoms with van der Waals surface area (Å²) in [6.45, 7) is 4.00. The third-order valence-corrected chi connectivity index (χ3v) is 5.30. The summed E-state index contributed by atoms with van der Waals surface area (Å²) in [5, 5.41) is 0. The van der Waals surface area contributed by atoms with Gasteiger partial charge in [-0.05, 0) is 45.0 Å². The van der Waals surface area contributed by atoms with Crippen molar-refractivity contribution < 1.29 is 9.59 Å². The van der Waals surface area contributed by atoms with Crippen LogP contribution in [-0.2, 0) is 9.59 Å². The quantitative estimate of drug-likeness (QED) is 0.875. The molecule has 0 aliphatic carbocycles. The van der Waals surface area contributed by atoms with Crippen molar-refractivity contribution in [2.75, 3.05) is 19.6 Å². The van der Waals surface area contributed by atoms with Crippen LogP contribution in [0.4, 0.5) is 0 Å². The highest BCUT2D eigenvalue weighted by Gasteiger charge is 2.42. The second-order valence-electron chi connectivity index (χ2n) is 6.65. The minimum atomic E-state index is -0.255. The summed E-state index contributed by atoms with van der Waals surface area (Å²) in [5.74, 6) is 1.37. The standard InChI is InChI=1S/C18H22N4O2/c1-2-22-16(23)11-15(18(22)24)21-9-7-12(8-10-21)17-19-13-5-3-4-6-14(13)20-17/h3-6,12,15H,2,7-11H2,1H3,(H,19,20)/t15-/m1/s1. The number of piperidine rings is 1. The number of benzene rings is 1. The lowest BCUT2D eigenvalue weighted by Gasteiger charge is -2.34. The molecule has 0 saturated carbocycles. The second kappa shape index (κ2) is 6.02. The Labute approximate surface area is 140 Å². The minimum absolute atomic E-state index is 0.0234. The fourth-order valence-electron chi connectivity index (χ4n) is 3.93. The first-order valence-corrected chi connectivity index (χ1v) is 8.70. The number of carbonyl (C=O) groups is 2. The van der Waals surface area contributed by atoms with Crippen molar-refractivity contribution in [2.45, 2.75) is 38.1 Å². The van der Waals surface area contributed by atoms with Crippen molar-refractivity contribution >= 4 is 22.8 Å². The number of para-hydroxylation sites is 2. The molecule has 1 aromatic carbocycles. The normalized spacial score (nSPS) is 23.5. The summed E-state index contributed by atoms with van der Waals surface area (Å²) in [4.78, 5) is 36.0. The predicted octanol–water partition coefficient (Wildman–Crippen LogP) is 1.89. The van der Waals surface area contributed by atoms with Crippen LogP contribution in [0, 0.1) is 0 Å². The lowest BCUT2D eigenvalue weighted by atomic mass is 9.95. The van der Waals surface area contributed by atoms with E-state index in [9.17, 15) is 9.59 Å². The van der Waals surface area contributed by atoms with Gasteiger partial charge in [-0.3, -0.25) is 19.4 Å². The van der Waals surface area contributed by atoms with Gasteiger partial charge in [0.05, 0.1) is 23.5 Å². The largest absolute Gasteiger partial charge is 0.342 e. The smallest absolute Gasteiger partial charge is 0.247 e. The Morgan fingerprint density at radius 3 is 2.62 bits per heavy atom. The molecular formula is C18H22N4O2. The van der Waals surface area contributed by atoms with Gasteiger partial charge < -0.3 is 4.98 Å². The van der Waals surface area contributed by atoms with E-state index in [1.165, 1.54) is 4.90 Å². The van der Waals surface area contributed by atoms with Crippen LogP contribution in [0.5, 0.6) is 0 Å². The maximum absolute atomic E-state index is 12.4. The van der Waals surface area contributed by atoms with Crippen LogP contribution in [0.15, 0.2) is 24.3 Å². The molecule has 0 spiro atoms. The Morgan fingerprint density at radius 2 is 1.96 bits per heavy atom. The number of H-pyrrole nitrogens is 1. The number of imide groups is 1. The van der Waals surface area contributed by atoms with Crippen LogP contribution in [0.25, 0.3) is 11.0 Å². The molecule has 24 heavy (non-hydrogen) atoms. The Kier molecular flexibility index (Phi) is 3.84. The average Bonchev–Trinajstić information content (AvgIpc) is 3.16. The van der Waals surface area contributed by atoms with Gasteiger partial charge in [0.25, 0.3) is 0 Å². The first-order chi connectivity index (χ1) is 11.7. The van der Waals surface area contributed by atoms with Crippen molar-refractivity contribution in [1.29, 1.82) is 0 Å². The summed E-state index contributed by atoms with van der Waals surface area (Å²) in [6.07, 6.45) is 2.26. The van der Waals surface area contributed by atoms with Crippen molar-refractivity contribution in [1.82, 2.24) is 19.8 Å². The number of hydrogen-bond donors (Lipinski definition) is 1. The average molecular weight is 326 g/mol. The zero-order valence-electron chi connectivity index (χ0n) is 13.9. The number of nitrogens with zero attached hydrogens (tertiary/aromatic N) is 3. The van der Waals surface area contributed by atoms with Gasteiger partial charge in [0.1, 0.15) is 5.82 Å². The highest BCUT2D eigenvalue weighted by molar-refractivity contribution is 6.05. The molecule has 0 bridgehead atoms. The van der Waals surface area contributed by atoms with Crippen LogP contribution in [0.3, 0.4) is 0 Å². The summed E-state index contributed by atoms with van der Waals surface area (Å²) in [5.41, 5.74) is 2.08. The number of rotatable bonds is 3. The fraction of sp³-hybridized carbons (Fsp3) is 0.500. The molecular weight excluding hydrogens is 304 g/mol. The Balaban J connectivity index is 1.43. The maximum Gasteiger partial charge on any atom is 0.247 e. The van der Waals surface area contributed by atoms with Gasteiger partial charge in [0.2, 0.25) is 11.8 Å². The molecule has 2 aliphatic heterocycles. The maximum atomic E-state index is 12.4. The molecule has 4 rings (SSSR count). The number of likely N-dealkylation sites (N-methyl/N-ethyl adjacent to an activating group) is 1. The van der Waals surface area contributed by atoms with E-state index in [1.54, 1.807) is 0 Å². The molecule has 2 fully saturated rings. The van der Waals surface area contributed by atoms with E-state index in [0.717, 1.165) is 42.8 Å². The van der Waals surface area contributed by atoms with E-state index in [-0.39, 0.29) is 17.9 Å². The van der Waals surface area contributed by atoms with Crippen molar-refractivity contribution in [3.05, 3.63) is 30.1 Å². The van der Waals surface area contributed by atoms with Gasteiger partial charge in [0.15, 0.2) is 0 Å². The number of likely N-dealkylation sites (tertiary alicyclic amines) is 2. The first-order valence-electron chi connectivity index (χ1n) is 8.70. The SMILES string of the molecule is CCN1C(=O)C[C@@H](N2CCC(c3nc4ccccc4[nH]3)CC2)C1=O. The predicted molar refractivity (Wildman–Crippen MR) is 90.4 cm³/mol. The minimum Gasteiger partial charge on any atom is -0.342 e. The molecule has 1 N–H and O–H groups in total. The number of aromatic amines is 1. The number of hydrogen-bond acceptors (Lipinski definition) is 4. The van der Waals surface area contributed by atoms with Crippen LogP contribution in [0.1, 0.15) is 37.9 Å². The number of carbonyl (C=O) groups excluding carboxylic acids is 2. The molecule has 2 saturated heterocycles. The molecule has 1 atom stereocenters. The van der Waals surface area contributed by atoms with Gasteiger partial charge in [-0.15, -0.1) is 0 Å². The van der Waals surface area contributed by atoms with Gasteiger partial charge in [0, 0.05) is 12.5 Å². The van der Waals surface area contributed by atoms with E-state index >= 15 is 0 Å².